The standard InChI is InChI=1S/C6H11NO3.C5H5N5.C4H9N.CH4O/c8-4-7-5-1-6(9)3-10-2-5;6-4-3-5(9-1-7-3)10-2-8-4;1-2-4-5-3-1;1-2/h4-6,9H,1-3H2,(H,7,8);1-2H,(H3,6,7,8,9,10);5H,1-4H2;2H,1H3. The monoisotopic (exact) mass is 383 g/mol. The molecule has 2 atom stereocenters. The highest BCUT2D eigenvalue weighted by molar-refractivity contribution is 5.80. The lowest BCUT2D eigenvalue weighted by molar-refractivity contribution is -0.111. The topological polar surface area (TPSA) is 171 Å². The first-order valence-electron chi connectivity index (χ1n) is 8.71. The molecule has 2 aliphatic rings. The van der Waals surface area contributed by atoms with Gasteiger partial charge in [0.15, 0.2) is 11.5 Å². The number of carbonyl (C=O) groups is 1. The van der Waals surface area contributed by atoms with Gasteiger partial charge in [0, 0.05) is 7.11 Å². The number of H-pyrrole nitrogens is 1. The van der Waals surface area contributed by atoms with Crippen molar-refractivity contribution >= 4 is 23.4 Å². The van der Waals surface area contributed by atoms with E-state index >= 15 is 0 Å². The molecule has 0 spiro atoms. The van der Waals surface area contributed by atoms with E-state index in [-0.39, 0.29) is 6.04 Å². The Bertz CT molecular complexity index is 628. The molecule has 2 aliphatic heterocycles. The number of hydrogen-bond acceptors (Lipinski definition) is 9. The van der Waals surface area contributed by atoms with Crippen LogP contribution in [0.5, 0.6) is 0 Å². The van der Waals surface area contributed by atoms with Gasteiger partial charge in [0.2, 0.25) is 6.41 Å². The summed E-state index contributed by atoms with van der Waals surface area (Å²) in [5, 5.41) is 21.8. The summed E-state index contributed by atoms with van der Waals surface area (Å²) in [7, 11) is 1.00. The number of aliphatic hydroxyl groups excluding tert-OH is 2. The Hall–Kier alpha value is -2.34. The molecular weight excluding hydrogens is 354 g/mol. The zero-order chi connectivity index (χ0) is 19.9. The summed E-state index contributed by atoms with van der Waals surface area (Å²) in [6.45, 7) is 3.40. The molecule has 2 fully saturated rings. The van der Waals surface area contributed by atoms with Crippen molar-refractivity contribution in [2.24, 2.45) is 0 Å². The van der Waals surface area contributed by atoms with Crippen molar-refractivity contribution in [2.75, 3.05) is 39.1 Å². The van der Waals surface area contributed by atoms with Gasteiger partial charge in [-0.3, -0.25) is 4.79 Å². The van der Waals surface area contributed by atoms with Crippen molar-refractivity contribution in [3.63, 3.8) is 0 Å². The summed E-state index contributed by atoms with van der Waals surface area (Å²) in [4.78, 5) is 24.3. The number of aromatic amines is 1. The van der Waals surface area contributed by atoms with E-state index in [1.807, 2.05) is 0 Å². The molecule has 2 saturated heterocycles. The van der Waals surface area contributed by atoms with Gasteiger partial charge in [-0.25, -0.2) is 15.0 Å². The zero-order valence-electron chi connectivity index (χ0n) is 15.5. The first-order chi connectivity index (χ1) is 13.2. The molecule has 0 radical (unpaired) electrons. The molecule has 4 heterocycles. The van der Waals surface area contributed by atoms with Crippen LogP contribution < -0.4 is 16.4 Å². The number of nitrogens with zero attached hydrogens (tertiary/aromatic N) is 3. The normalized spacial score (nSPS) is 20.9. The highest BCUT2D eigenvalue weighted by Crippen LogP contribution is 2.09. The third-order valence-corrected chi connectivity index (χ3v) is 3.70. The number of rotatable bonds is 2. The first kappa shape index (κ1) is 22.7. The summed E-state index contributed by atoms with van der Waals surface area (Å²) in [5.74, 6) is 0.433. The molecule has 2 aromatic rings. The van der Waals surface area contributed by atoms with Crippen LogP contribution in [0.4, 0.5) is 5.82 Å². The van der Waals surface area contributed by atoms with Gasteiger partial charge in [-0.1, -0.05) is 0 Å². The fourth-order valence-corrected chi connectivity index (χ4v) is 2.43. The van der Waals surface area contributed by atoms with Gasteiger partial charge < -0.3 is 36.3 Å². The average Bonchev–Trinajstić information content (AvgIpc) is 3.40. The van der Waals surface area contributed by atoms with E-state index in [0.29, 0.717) is 43.0 Å². The van der Waals surface area contributed by atoms with Gasteiger partial charge in [-0.15, -0.1) is 0 Å². The molecule has 2 aromatic heterocycles. The predicted octanol–water partition coefficient (Wildman–Crippen LogP) is -1.20. The van der Waals surface area contributed by atoms with Crippen molar-refractivity contribution < 1.29 is 19.7 Å². The first-order valence-corrected chi connectivity index (χ1v) is 8.71. The van der Waals surface area contributed by atoms with Gasteiger partial charge in [0.1, 0.15) is 11.8 Å². The number of fused-ring (bicyclic) bond motifs is 1. The smallest absolute Gasteiger partial charge is 0.207 e. The second kappa shape index (κ2) is 13.8. The van der Waals surface area contributed by atoms with Crippen LogP contribution in [0.1, 0.15) is 19.3 Å². The fraction of sp³-hybridized carbons (Fsp3) is 0.625. The van der Waals surface area contributed by atoms with E-state index in [4.69, 9.17) is 20.7 Å². The van der Waals surface area contributed by atoms with Crippen molar-refractivity contribution in [3.8, 4) is 0 Å². The molecule has 0 aliphatic carbocycles. The number of anilines is 1. The Kier molecular flexibility index (Phi) is 11.6. The molecule has 11 heteroatoms. The van der Waals surface area contributed by atoms with Crippen LogP contribution >= 0.6 is 0 Å². The minimum Gasteiger partial charge on any atom is -0.400 e. The molecule has 11 nitrogen and oxygen atoms in total. The molecule has 1 amide bonds. The minimum absolute atomic E-state index is 0.0127. The summed E-state index contributed by atoms with van der Waals surface area (Å²) in [6, 6.07) is -0.0127. The molecule has 0 bridgehead atoms. The molecule has 7 N–H and O–H groups in total. The summed E-state index contributed by atoms with van der Waals surface area (Å²) in [6.07, 6.45) is 6.50. The fourth-order valence-electron chi connectivity index (χ4n) is 2.43. The largest absolute Gasteiger partial charge is 0.400 e. The van der Waals surface area contributed by atoms with Crippen molar-refractivity contribution in [2.45, 2.75) is 31.4 Å². The van der Waals surface area contributed by atoms with E-state index in [1.54, 1.807) is 0 Å². The Morgan fingerprint density at radius 1 is 1.26 bits per heavy atom. The molecule has 0 saturated carbocycles. The second-order valence-electron chi connectivity index (χ2n) is 5.73. The van der Waals surface area contributed by atoms with Crippen LogP contribution in [0.3, 0.4) is 0 Å². The molecule has 27 heavy (non-hydrogen) atoms. The lowest BCUT2D eigenvalue weighted by atomic mass is 10.1. The number of aliphatic hydroxyl groups is 2. The zero-order valence-corrected chi connectivity index (χ0v) is 15.5. The van der Waals surface area contributed by atoms with E-state index in [2.05, 4.69) is 30.6 Å². The highest BCUT2D eigenvalue weighted by atomic mass is 16.5. The summed E-state index contributed by atoms with van der Waals surface area (Å²) < 4.78 is 4.98. The van der Waals surface area contributed by atoms with Crippen molar-refractivity contribution in [1.82, 2.24) is 30.6 Å². The number of imidazole rings is 1. The van der Waals surface area contributed by atoms with Crippen molar-refractivity contribution in [3.05, 3.63) is 12.7 Å². The van der Waals surface area contributed by atoms with Crippen LogP contribution in [-0.2, 0) is 9.53 Å². The predicted molar refractivity (Wildman–Crippen MR) is 101 cm³/mol. The van der Waals surface area contributed by atoms with Gasteiger partial charge in [0.05, 0.1) is 31.7 Å². The number of nitrogens with two attached hydrogens (primary N) is 1. The van der Waals surface area contributed by atoms with Crippen LogP contribution in [-0.4, -0.2) is 82.1 Å². The van der Waals surface area contributed by atoms with Crippen LogP contribution in [0.2, 0.25) is 0 Å². The maximum atomic E-state index is 9.93. The quantitative estimate of drug-likeness (QED) is 0.348. The lowest BCUT2D eigenvalue weighted by Crippen LogP contribution is -2.41. The van der Waals surface area contributed by atoms with E-state index in [9.17, 15) is 4.79 Å². The van der Waals surface area contributed by atoms with E-state index in [0.717, 1.165) is 7.11 Å². The minimum atomic E-state index is -0.425. The third kappa shape index (κ3) is 8.73. The van der Waals surface area contributed by atoms with Crippen molar-refractivity contribution in [1.29, 1.82) is 0 Å². The third-order valence-electron chi connectivity index (χ3n) is 3.70. The van der Waals surface area contributed by atoms with Gasteiger partial charge in [-0.05, 0) is 32.4 Å². The molecule has 0 aromatic carbocycles. The SMILES string of the molecule is C1CCNC1.CO.Nc1ncnc2nc[nH]c12.O=CNC1COCC(O)C1. The maximum absolute atomic E-state index is 9.93. The Balaban J connectivity index is 0.000000203. The Morgan fingerprint density at radius 2 is 2.00 bits per heavy atom. The number of ether oxygens (including phenoxy) is 1. The number of amides is 1. The average molecular weight is 383 g/mol. The number of aromatic nitrogens is 4. The highest BCUT2D eigenvalue weighted by Gasteiger charge is 2.19. The lowest BCUT2D eigenvalue weighted by Gasteiger charge is -2.25. The van der Waals surface area contributed by atoms with Gasteiger partial charge in [-0.2, -0.15) is 0 Å². The Morgan fingerprint density at radius 3 is 2.56 bits per heavy atom. The molecule has 152 valence electrons. The number of nitrogens with one attached hydrogen (secondary N) is 3. The number of carbonyl (C=O) groups excluding carboxylic acids is 1. The van der Waals surface area contributed by atoms with Crippen LogP contribution in [0, 0.1) is 0 Å². The van der Waals surface area contributed by atoms with Gasteiger partial charge in [0.25, 0.3) is 0 Å². The van der Waals surface area contributed by atoms with E-state index < -0.39 is 6.10 Å². The summed E-state index contributed by atoms with van der Waals surface area (Å²) >= 11 is 0. The molecule has 4 rings (SSSR count). The number of nitrogen functional groups attached to an aromatic ring is 1. The van der Waals surface area contributed by atoms with Crippen LogP contribution in [0.25, 0.3) is 11.2 Å². The van der Waals surface area contributed by atoms with Gasteiger partial charge >= 0.3 is 0 Å². The molecule has 2 unspecified atom stereocenters. The Labute approximate surface area is 157 Å². The molecular formula is C16H29N7O4. The maximum Gasteiger partial charge on any atom is 0.207 e. The summed E-state index contributed by atoms with van der Waals surface area (Å²) in [5.41, 5.74) is 6.78. The van der Waals surface area contributed by atoms with E-state index in [1.165, 1.54) is 38.6 Å². The number of hydrogen-bond donors (Lipinski definition) is 6. The second-order valence-corrected chi connectivity index (χ2v) is 5.73. The van der Waals surface area contributed by atoms with Crippen LogP contribution in [0.15, 0.2) is 12.7 Å².